The molecule has 2 heterocycles. The van der Waals surface area contributed by atoms with Gasteiger partial charge in [-0.05, 0) is 39.3 Å². The molecule has 0 atom stereocenters. The standard InChI is InChI=1S/C12H17N3O/c1-8-4-5-9-11(14-8)15-10(16-9)6-7-12(2,3)13/h4-5H,6-7,13H2,1-3H3. The highest BCUT2D eigenvalue weighted by Crippen LogP contribution is 2.16. The Hall–Kier alpha value is -1.42. The fourth-order valence-corrected chi connectivity index (χ4v) is 1.49. The minimum Gasteiger partial charge on any atom is -0.439 e. The molecule has 0 radical (unpaired) electrons. The number of aromatic nitrogens is 2. The minimum atomic E-state index is -0.190. The SMILES string of the molecule is Cc1ccc2oc(CCC(C)(C)N)nc2n1. The molecule has 2 aromatic heterocycles. The molecule has 0 saturated heterocycles. The molecule has 0 unspecified atom stereocenters. The second-order valence-electron chi connectivity index (χ2n) is 4.87. The van der Waals surface area contributed by atoms with Crippen LogP contribution in [0.5, 0.6) is 0 Å². The van der Waals surface area contributed by atoms with Crippen LogP contribution in [0, 0.1) is 6.92 Å². The van der Waals surface area contributed by atoms with E-state index in [1.54, 1.807) is 0 Å². The second-order valence-corrected chi connectivity index (χ2v) is 4.87. The maximum absolute atomic E-state index is 5.92. The van der Waals surface area contributed by atoms with Gasteiger partial charge in [0, 0.05) is 17.7 Å². The number of hydrogen-bond acceptors (Lipinski definition) is 4. The van der Waals surface area contributed by atoms with Crippen molar-refractivity contribution in [3.8, 4) is 0 Å². The van der Waals surface area contributed by atoms with Crippen LogP contribution in [0.4, 0.5) is 0 Å². The van der Waals surface area contributed by atoms with Crippen molar-refractivity contribution in [3.63, 3.8) is 0 Å². The van der Waals surface area contributed by atoms with Crippen LogP contribution in [-0.2, 0) is 6.42 Å². The molecule has 4 nitrogen and oxygen atoms in total. The van der Waals surface area contributed by atoms with Crippen molar-refractivity contribution in [2.24, 2.45) is 5.73 Å². The van der Waals surface area contributed by atoms with E-state index in [9.17, 15) is 0 Å². The van der Waals surface area contributed by atoms with Crippen LogP contribution in [0.2, 0.25) is 0 Å². The lowest BCUT2D eigenvalue weighted by molar-refractivity contribution is 0.435. The first-order valence-corrected chi connectivity index (χ1v) is 5.46. The average Bonchev–Trinajstić information content (AvgIpc) is 2.55. The Kier molecular flexibility index (Phi) is 2.68. The largest absolute Gasteiger partial charge is 0.439 e. The van der Waals surface area contributed by atoms with E-state index in [2.05, 4.69) is 9.97 Å². The first kappa shape index (κ1) is 11.1. The lowest BCUT2D eigenvalue weighted by Gasteiger charge is -2.16. The van der Waals surface area contributed by atoms with E-state index in [4.69, 9.17) is 10.2 Å². The zero-order chi connectivity index (χ0) is 11.8. The lowest BCUT2D eigenvalue weighted by Crippen LogP contribution is -2.32. The van der Waals surface area contributed by atoms with Gasteiger partial charge in [-0.3, -0.25) is 0 Å². The summed E-state index contributed by atoms with van der Waals surface area (Å²) in [6.45, 7) is 5.94. The molecule has 0 aromatic carbocycles. The summed E-state index contributed by atoms with van der Waals surface area (Å²) in [6, 6.07) is 3.83. The molecule has 0 amide bonds. The number of fused-ring (bicyclic) bond motifs is 1. The van der Waals surface area contributed by atoms with Crippen molar-refractivity contribution >= 4 is 11.2 Å². The summed E-state index contributed by atoms with van der Waals surface area (Å²) in [6.07, 6.45) is 1.59. The molecule has 2 N–H and O–H groups in total. The average molecular weight is 219 g/mol. The third-order valence-electron chi connectivity index (χ3n) is 2.42. The Morgan fingerprint density at radius 3 is 2.75 bits per heavy atom. The molecule has 86 valence electrons. The summed E-state index contributed by atoms with van der Waals surface area (Å²) < 4.78 is 5.59. The van der Waals surface area contributed by atoms with E-state index in [1.165, 1.54) is 0 Å². The molecule has 0 bridgehead atoms. The highest BCUT2D eigenvalue weighted by molar-refractivity contribution is 5.67. The van der Waals surface area contributed by atoms with Crippen LogP contribution in [0.3, 0.4) is 0 Å². The first-order chi connectivity index (χ1) is 7.44. The van der Waals surface area contributed by atoms with Crippen molar-refractivity contribution in [3.05, 3.63) is 23.7 Å². The quantitative estimate of drug-likeness (QED) is 0.859. The number of pyridine rings is 1. The van der Waals surface area contributed by atoms with E-state index in [0.29, 0.717) is 11.5 Å². The molecule has 0 aliphatic carbocycles. The fourth-order valence-electron chi connectivity index (χ4n) is 1.49. The Morgan fingerprint density at radius 1 is 1.31 bits per heavy atom. The lowest BCUT2D eigenvalue weighted by atomic mass is 10.0. The molecule has 0 fully saturated rings. The normalized spacial score (nSPS) is 12.2. The van der Waals surface area contributed by atoms with E-state index >= 15 is 0 Å². The van der Waals surface area contributed by atoms with Crippen molar-refractivity contribution < 1.29 is 4.42 Å². The summed E-state index contributed by atoms with van der Waals surface area (Å²) in [7, 11) is 0. The van der Waals surface area contributed by atoms with Gasteiger partial charge < -0.3 is 10.2 Å². The van der Waals surface area contributed by atoms with Gasteiger partial charge in [0.2, 0.25) is 0 Å². The number of aryl methyl sites for hydroxylation is 2. The molecule has 16 heavy (non-hydrogen) atoms. The number of nitrogens with zero attached hydrogens (tertiary/aromatic N) is 2. The zero-order valence-electron chi connectivity index (χ0n) is 9.95. The predicted molar refractivity (Wildman–Crippen MR) is 63.1 cm³/mol. The van der Waals surface area contributed by atoms with E-state index < -0.39 is 0 Å². The Balaban J connectivity index is 2.20. The monoisotopic (exact) mass is 219 g/mol. The van der Waals surface area contributed by atoms with E-state index in [0.717, 1.165) is 24.1 Å². The van der Waals surface area contributed by atoms with Gasteiger partial charge in [-0.25, -0.2) is 4.98 Å². The third-order valence-corrected chi connectivity index (χ3v) is 2.42. The molecule has 0 aliphatic rings. The van der Waals surface area contributed by atoms with E-state index in [1.807, 2.05) is 32.9 Å². The van der Waals surface area contributed by atoms with Crippen molar-refractivity contribution in [1.82, 2.24) is 9.97 Å². The summed E-state index contributed by atoms with van der Waals surface area (Å²) in [5.74, 6) is 0.714. The maximum Gasteiger partial charge on any atom is 0.199 e. The van der Waals surface area contributed by atoms with Gasteiger partial charge in [0.05, 0.1) is 0 Å². The molecular weight excluding hydrogens is 202 g/mol. The number of rotatable bonds is 3. The smallest absolute Gasteiger partial charge is 0.199 e. The first-order valence-electron chi connectivity index (χ1n) is 5.46. The Morgan fingerprint density at radius 2 is 2.06 bits per heavy atom. The maximum atomic E-state index is 5.92. The molecule has 0 spiro atoms. The molecule has 0 saturated carbocycles. The topological polar surface area (TPSA) is 64.9 Å². The summed E-state index contributed by atoms with van der Waals surface area (Å²) in [5, 5.41) is 0. The van der Waals surface area contributed by atoms with Gasteiger partial charge in [-0.2, -0.15) is 4.98 Å². The molecule has 4 heteroatoms. The highest BCUT2D eigenvalue weighted by atomic mass is 16.3. The van der Waals surface area contributed by atoms with E-state index in [-0.39, 0.29) is 5.54 Å². The van der Waals surface area contributed by atoms with Crippen LogP contribution in [0.1, 0.15) is 31.9 Å². The van der Waals surface area contributed by atoms with Crippen LogP contribution in [0.25, 0.3) is 11.2 Å². The molecule has 2 rings (SSSR count). The molecule has 2 aromatic rings. The number of nitrogens with two attached hydrogens (primary N) is 1. The predicted octanol–water partition coefficient (Wildman–Crippen LogP) is 2.20. The van der Waals surface area contributed by atoms with Crippen molar-refractivity contribution in [2.75, 3.05) is 0 Å². The highest BCUT2D eigenvalue weighted by Gasteiger charge is 2.13. The molecular formula is C12H17N3O. The third kappa shape index (κ3) is 2.58. The van der Waals surface area contributed by atoms with Crippen molar-refractivity contribution in [2.45, 2.75) is 39.2 Å². The zero-order valence-corrected chi connectivity index (χ0v) is 9.95. The number of hydrogen-bond donors (Lipinski definition) is 1. The Labute approximate surface area is 94.9 Å². The van der Waals surface area contributed by atoms with Crippen LogP contribution in [-0.4, -0.2) is 15.5 Å². The van der Waals surface area contributed by atoms with Gasteiger partial charge in [-0.1, -0.05) is 0 Å². The van der Waals surface area contributed by atoms with Gasteiger partial charge >= 0.3 is 0 Å². The van der Waals surface area contributed by atoms with Crippen LogP contribution >= 0.6 is 0 Å². The summed E-state index contributed by atoms with van der Waals surface area (Å²) in [4.78, 5) is 8.65. The Bertz CT molecular complexity index is 496. The fraction of sp³-hybridized carbons (Fsp3) is 0.500. The van der Waals surface area contributed by atoms with Crippen LogP contribution < -0.4 is 5.73 Å². The summed E-state index contributed by atoms with van der Waals surface area (Å²) in [5.41, 5.74) is 8.11. The van der Waals surface area contributed by atoms with Crippen LogP contribution in [0.15, 0.2) is 16.5 Å². The van der Waals surface area contributed by atoms with Gasteiger partial charge in [0.25, 0.3) is 0 Å². The van der Waals surface area contributed by atoms with Gasteiger partial charge in [0.15, 0.2) is 17.1 Å². The van der Waals surface area contributed by atoms with Gasteiger partial charge in [0.1, 0.15) is 0 Å². The minimum absolute atomic E-state index is 0.190. The summed E-state index contributed by atoms with van der Waals surface area (Å²) >= 11 is 0. The van der Waals surface area contributed by atoms with Crippen molar-refractivity contribution in [1.29, 1.82) is 0 Å². The van der Waals surface area contributed by atoms with Gasteiger partial charge in [-0.15, -0.1) is 0 Å². The second kappa shape index (κ2) is 3.87. The molecule has 0 aliphatic heterocycles. The number of oxazole rings is 1.